The predicted octanol–water partition coefficient (Wildman–Crippen LogP) is 1.43. The molecule has 4 heteroatoms. The first-order valence-electron chi connectivity index (χ1n) is 6.86. The van der Waals surface area contributed by atoms with Crippen molar-refractivity contribution in [3.05, 3.63) is 28.7 Å². The minimum Gasteiger partial charge on any atom is -0.370 e. The number of hydrogen-bond donors (Lipinski definition) is 1. The van der Waals surface area contributed by atoms with Crippen LogP contribution in [-0.4, -0.2) is 24.2 Å². The first kappa shape index (κ1) is 13.1. The lowest BCUT2D eigenvalue weighted by Crippen LogP contribution is -2.34. The molecule has 1 saturated heterocycles. The maximum Gasteiger partial charge on any atom is 0.250 e. The fraction of sp³-hybridized carbons (Fsp3) is 0.643. The Morgan fingerprint density at radius 3 is 2.72 bits per heavy atom. The molecule has 18 heavy (non-hydrogen) atoms. The zero-order valence-corrected chi connectivity index (χ0v) is 11.1. The van der Waals surface area contributed by atoms with Crippen LogP contribution in [0.2, 0.25) is 0 Å². The molecule has 2 rings (SSSR count). The summed E-state index contributed by atoms with van der Waals surface area (Å²) in [6.45, 7) is 5.83. The van der Waals surface area contributed by atoms with Gasteiger partial charge in [0.1, 0.15) is 0 Å². The Morgan fingerprint density at radius 2 is 2.06 bits per heavy atom. The standard InChI is InChI=1S/C14H23N3O/c1-12-5-9-16(10-6-12)13-3-4-14(18)17(11-13)8-2-7-15/h3-4,11-12H,2,5-10,15H2,1H3. The summed E-state index contributed by atoms with van der Waals surface area (Å²) in [6, 6.07) is 3.61. The summed E-state index contributed by atoms with van der Waals surface area (Å²) < 4.78 is 1.78. The van der Waals surface area contributed by atoms with Crippen molar-refractivity contribution in [2.75, 3.05) is 24.5 Å². The lowest BCUT2D eigenvalue weighted by Gasteiger charge is -2.32. The summed E-state index contributed by atoms with van der Waals surface area (Å²) in [5.74, 6) is 0.824. The summed E-state index contributed by atoms with van der Waals surface area (Å²) in [6.07, 6.45) is 5.30. The number of aromatic nitrogens is 1. The van der Waals surface area contributed by atoms with Crippen molar-refractivity contribution in [3.63, 3.8) is 0 Å². The van der Waals surface area contributed by atoms with Crippen LogP contribution < -0.4 is 16.2 Å². The van der Waals surface area contributed by atoms with Crippen LogP contribution in [0.15, 0.2) is 23.1 Å². The Hall–Kier alpha value is -1.29. The van der Waals surface area contributed by atoms with Crippen LogP contribution in [0.1, 0.15) is 26.2 Å². The van der Waals surface area contributed by atoms with Gasteiger partial charge < -0.3 is 15.2 Å². The molecule has 0 atom stereocenters. The molecule has 1 aromatic rings. The van der Waals surface area contributed by atoms with E-state index in [0.717, 1.165) is 25.4 Å². The zero-order valence-electron chi connectivity index (χ0n) is 11.1. The highest BCUT2D eigenvalue weighted by molar-refractivity contribution is 5.44. The van der Waals surface area contributed by atoms with E-state index in [9.17, 15) is 4.79 Å². The monoisotopic (exact) mass is 249 g/mol. The van der Waals surface area contributed by atoms with Crippen LogP contribution in [0.25, 0.3) is 0 Å². The fourth-order valence-electron chi connectivity index (χ4n) is 2.41. The van der Waals surface area contributed by atoms with E-state index < -0.39 is 0 Å². The van der Waals surface area contributed by atoms with Crippen LogP contribution in [-0.2, 0) is 6.54 Å². The van der Waals surface area contributed by atoms with Crippen molar-refractivity contribution < 1.29 is 0 Å². The molecular formula is C14H23N3O. The number of rotatable bonds is 4. The maximum atomic E-state index is 11.7. The molecule has 0 bridgehead atoms. The number of nitrogens with two attached hydrogens (primary N) is 1. The van der Waals surface area contributed by atoms with E-state index in [1.165, 1.54) is 18.5 Å². The SMILES string of the molecule is CC1CCN(c2ccc(=O)n(CCCN)c2)CC1. The van der Waals surface area contributed by atoms with Gasteiger partial charge in [0.05, 0.1) is 5.69 Å². The Morgan fingerprint density at radius 1 is 1.33 bits per heavy atom. The van der Waals surface area contributed by atoms with Gasteiger partial charge in [-0.3, -0.25) is 4.79 Å². The highest BCUT2D eigenvalue weighted by Crippen LogP contribution is 2.21. The number of nitrogens with zero attached hydrogens (tertiary/aromatic N) is 2. The van der Waals surface area contributed by atoms with E-state index in [4.69, 9.17) is 5.73 Å². The minimum absolute atomic E-state index is 0.0672. The second kappa shape index (κ2) is 6.05. The molecule has 0 amide bonds. The van der Waals surface area contributed by atoms with E-state index in [1.807, 2.05) is 12.3 Å². The predicted molar refractivity (Wildman–Crippen MR) is 75.0 cm³/mol. The number of piperidine rings is 1. The van der Waals surface area contributed by atoms with Crippen molar-refractivity contribution in [1.29, 1.82) is 0 Å². The first-order valence-corrected chi connectivity index (χ1v) is 6.86. The van der Waals surface area contributed by atoms with Gasteiger partial charge in [0.25, 0.3) is 5.56 Å². The van der Waals surface area contributed by atoms with Gasteiger partial charge in [-0.05, 0) is 37.8 Å². The fourth-order valence-corrected chi connectivity index (χ4v) is 2.41. The third-order valence-corrected chi connectivity index (χ3v) is 3.72. The number of hydrogen-bond acceptors (Lipinski definition) is 3. The third kappa shape index (κ3) is 3.13. The lowest BCUT2D eigenvalue weighted by molar-refractivity contribution is 0.437. The van der Waals surface area contributed by atoms with Gasteiger partial charge in [-0.2, -0.15) is 0 Å². The summed E-state index contributed by atoms with van der Waals surface area (Å²) in [5.41, 5.74) is 6.73. The average Bonchev–Trinajstić information content (AvgIpc) is 2.39. The number of pyridine rings is 1. The smallest absolute Gasteiger partial charge is 0.250 e. The molecule has 1 aliphatic heterocycles. The zero-order chi connectivity index (χ0) is 13.0. The third-order valence-electron chi connectivity index (χ3n) is 3.72. The second-order valence-electron chi connectivity index (χ2n) is 5.23. The van der Waals surface area contributed by atoms with Gasteiger partial charge >= 0.3 is 0 Å². The Kier molecular flexibility index (Phi) is 4.42. The van der Waals surface area contributed by atoms with Crippen molar-refractivity contribution in [2.45, 2.75) is 32.7 Å². The van der Waals surface area contributed by atoms with Crippen LogP contribution in [0, 0.1) is 5.92 Å². The quantitative estimate of drug-likeness (QED) is 0.878. The minimum atomic E-state index is 0.0672. The molecule has 2 heterocycles. The highest BCUT2D eigenvalue weighted by atomic mass is 16.1. The summed E-state index contributed by atoms with van der Waals surface area (Å²) in [5, 5.41) is 0. The summed E-state index contributed by atoms with van der Waals surface area (Å²) in [4.78, 5) is 14.1. The second-order valence-corrected chi connectivity index (χ2v) is 5.23. The molecule has 2 N–H and O–H groups in total. The Balaban J connectivity index is 2.11. The molecule has 0 saturated carbocycles. The molecule has 4 nitrogen and oxygen atoms in total. The molecule has 0 radical (unpaired) electrons. The molecule has 0 aliphatic carbocycles. The van der Waals surface area contributed by atoms with Crippen LogP contribution >= 0.6 is 0 Å². The van der Waals surface area contributed by atoms with E-state index in [0.29, 0.717) is 13.1 Å². The van der Waals surface area contributed by atoms with Crippen LogP contribution in [0.5, 0.6) is 0 Å². The van der Waals surface area contributed by atoms with Crippen molar-refractivity contribution in [3.8, 4) is 0 Å². The molecule has 1 aliphatic rings. The van der Waals surface area contributed by atoms with Gasteiger partial charge in [-0.15, -0.1) is 0 Å². The Bertz CT molecular complexity index is 433. The summed E-state index contributed by atoms with van der Waals surface area (Å²) in [7, 11) is 0. The highest BCUT2D eigenvalue weighted by Gasteiger charge is 2.16. The lowest BCUT2D eigenvalue weighted by atomic mass is 9.99. The molecule has 0 aromatic carbocycles. The average molecular weight is 249 g/mol. The number of anilines is 1. The molecular weight excluding hydrogens is 226 g/mol. The van der Waals surface area contributed by atoms with E-state index in [-0.39, 0.29) is 5.56 Å². The topological polar surface area (TPSA) is 51.3 Å². The molecule has 100 valence electrons. The van der Waals surface area contributed by atoms with Crippen molar-refractivity contribution in [2.24, 2.45) is 11.7 Å². The normalized spacial score (nSPS) is 17.1. The molecule has 1 fully saturated rings. The molecule has 1 aromatic heterocycles. The number of aryl methyl sites for hydroxylation is 1. The van der Waals surface area contributed by atoms with E-state index >= 15 is 0 Å². The van der Waals surface area contributed by atoms with Crippen molar-refractivity contribution in [1.82, 2.24) is 4.57 Å². The van der Waals surface area contributed by atoms with Gasteiger partial charge in [0.15, 0.2) is 0 Å². The Labute approximate surface area is 108 Å². The van der Waals surface area contributed by atoms with E-state index in [2.05, 4.69) is 11.8 Å². The van der Waals surface area contributed by atoms with Gasteiger partial charge in [-0.25, -0.2) is 0 Å². The van der Waals surface area contributed by atoms with E-state index in [1.54, 1.807) is 10.6 Å². The van der Waals surface area contributed by atoms with Crippen molar-refractivity contribution >= 4 is 5.69 Å². The van der Waals surface area contributed by atoms with Gasteiger partial charge in [0.2, 0.25) is 0 Å². The molecule has 0 spiro atoms. The maximum absolute atomic E-state index is 11.7. The van der Waals surface area contributed by atoms with Crippen LogP contribution in [0.4, 0.5) is 5.69 Å². The van der Waals surface area contributed by atoms with Gasteiger partial charge in [0, 0.05) is 31.9 Å². The summed E-state index contributed by atoms with van der Waals surface area (Å²) >= 11 is 0. The van der Waals surface area contributed by atoms with Crippen LogP contribution in [0.3, 0.4) is 0 Å². The molecule has 0 unspecified atom stereocenters. The first-order chi connectivity index (χ1) is 8.70. The largest absolute Gasteiger partial charge is 0.370 e. The van der Waals surface area contributed by atoms with Gasteiger partial charge in [-0.1, -0.05) is 6.92 Å².